The molecule has 7 heteroatoms. The number of benzene rings is 2. The van der Waals surface area contributed by atoms with E-state index in [1.165, 1.54) is 17.5 Å². The van der Waals surface area contributed by atoms with Crippen molar-refractivity contribution in [3.63, 3.8) is 0 Å². The molecule has 7 nitrogen and oxygen atoms in total. The van der Waals surface area contributed by atoms with Crippen LogP contribution < -0.4 is 0 Å². The molecule has 2 aliphatic rings. The van der Waals surface area contributed by atoms with Crippen LogP contribution in [0.4, 0.5) is 4.79 Å². The molecule has 2 atom stereocenters. The van der Waals surface area contributed by atoms with E-state index in [0.717, 1.165) is 17.1 Å². The van der Waals surface area contributed by atoms with Gasteiger partial charge in [-0.2, -0.15) is 0 Å². The van der Waals surface area contributed by atoms with Crippen molar-refractivity contribution in [2.45, 2.75) is 32.2 Å². The highest BCUT2D eigenvalue weighted by atomic mass is 16.2. The second kappa shape index (κ2) is 7.82. The zero-order valence-corrected chi connectivity index (χ0v) is 17.8. The summed E-state index contributed by atoms with van der Waals surface area (Å²) in [4.78, 5) is 37.3. The Balaban J connectivity index is 1.69. The fourth-order valence-corrected chi connectivity index (χ4v) is 4.17. The molecule has 0 saturated carbocycles. The minimum absolute atomic E-state index is 0.220. The smallest absolute Gasteiger partial charge is 0.328 e. The monoisotopic (exact) mass is 405 g/mol. The van der Waals surface area contributed by atoms with Crippen LogP contribution >= 0.6 is 0 Å². The molecule has 4 rings (SSSR count). The number of rotatable bonds is 4. The third kappa shape index (κ3) is 3.51. The Bertz CT molecular complexity index is 990. The third-order valence-electron chi connectivity index (χ3n) is 5.73. The van der Waals surface area contributed by atoms with Crippen molar-refractivity contribution >= 4 is 17.9 Å². The van der Waals surface area contributed by atoms with Gasteiger partial charge in [-0.3, -0.25) is 9.69 Å². The molecule has 1 saturated heterocycles. The summed E-state index contributed by atoms with van der Waals surface area (Å²) in [5, 5.41) is 0. The average molecular weight is 406 g/mol. The molecule has 156 valence electrons. The lowest BCUT2D eigenvalue weighted by atomic mass is 10.1. The number of hydrogen-bond donors (Lipinski definition) is 0. The number of carbonyl (C=O) groups excluding carboxylic acids is 2. The van der Waals surface area contributed by atoms with Gasteiger partial charge in [0.1, 0.15) is 0 Å². The number of carbonyl (C=O) groups is 2. The van der Waals surface area contributed by atoms with Crippen LogP contribution in [-0.4, -0.2) is 70.8 Å². The van der Waals surface area contributed by atoms with Crippen molar-refractivity contribution in [3.8, 4) is 0 Å². The van der Waals surface area contributed by atoms with Crippen LogP contribution in [0.5, 0.6) is 0 Å². The predicted octanol–water partition coefficient (Wildman–Crippen LogP) is 2.52. The Hall–Kier alpha value is -3.35. The topological polar surface area (TPSA) is 59.5 Å². The summed E-state index contributed by atoms with van der Waals surface area (Å²) in [6, 6.07) is 17.5. The summed E-state index contributed by atoms with van der Waals surface area (Å²) in [7, 11) is 5.22. The SMILES string of the molecule is Cc1cccc(CN2C(N(C)Cc3ccccc3)=NC3C2C(=O)N(C)C(=O)N3C)c1. The maximum absolute atomic E-state index is 13.1. The van der Waals surface area contributed by atoms with Crippen LogP contribution in [-0.2, 0) is 17.9 Å². The molecule has 2 aromatic rings. The van der Waals surface area contributed by atoms with Crippen LogP contribution in [0.15, 0.2) is 59.6 Å². The van der Waals surface area contributed by atoms with Gasteiger partial charge in [0.25, 0.3) is 5.91 Å². The lowest BCUT2D eigenvalue weighted by Gasteiger charge is -2.40. The van der Waals surface area contributed by atoms with Crippen molar-refractivity contribution in [2.24, 2.45) is 4.99 Å². The largest absolute Gasteiger partial charge is 0.341 e. The summed E-state index contributed by atoms with van der Waals surface area (Å²) < 4.78 is 0. The Morgan fingerprint density at radius 3 is 2.40 bits per heavy atom. The molecular weight excluding hydrogens is 378 g/mol. The molecule has 0 aliphatic carbocycles. The second-order valence-electron chi connectivity index (χ2n) is 8.04. The Morgan fingerprint density at radius 1 is 1.00 bits per heavy atom. The molecule has 2 aliphatic heterocycles. The first-order valence-electron chi connectivity index (χ1n) is 10.1. The van der Waals surface area contributed by atoms with Gasteiger partial charge in [0.15, 0.2) is 18.2 Å². The minimum atomic E-state index is -0.536. The molecule has 2 unspecified atom stereocenters. The van der Waals surface area contributed by atoms with E-state index < -0.39 is 12.2 Å². The number of guanidine groups is 1. The number of hydrogen-bond acceptors (Lipinski definition) is 5. The van der Waals surface area contributed by atoms with E-state index in [9.17, 15) is 9.59 Å². The van der Waals surface area contributed by atoms with E-state index in [1.807, 2.05) is 36.2 Å². The molecule has 0 aromatic heterocycles. The number of amides is 3. The minimum Gasteiger partial charge on any atom is -0.341 e. The lowest BCUT2D eigenvalue weighted by Crippen LogP contribution is -2.64. The van der Waals surface area contributed by atoms with Crippen LogP contribution in [0.2, 0.25) is 0 Å². The molecule has 30 heavy (non-hydrogen) atoms. The maximum atomic E-state index is 13.1. The van der Waals surface area contributed by atoms with E-state index in [0.29, 0.717) is 13.1 Å². The molecule has 1 fully saturated rings. The first kappa shape index (κ1) is 19.9. The Kier molecular flexibility index (Phi) is 5.20. The summed E-state index contributed by atoms with van der Waals surface area (Å²) in [5.41, 5.74) is 3.42. The van der Waals surface area contributed by atoms with Crippen molar-refractivity contribution in [1.29, 1.82) is 0 Å². The lowest BCUT2D eigenvalue weighted by molar-refractivity contribution is -0.136. The first-order valence-corrected chi connectivity index (χ1v) is 10.1. The van der Waals surface area contributed by atoms with Crippen LogP contribution in [0, 0.1) is 6.92 Å². The third-order valence-corrected chi connectivity index (χ3v) is 5.73. The quantitative estimate of drug-likeness (QED) is 0.784. The van der Waals surface area contributed by atoms with E-state index in [-0.39, 0.29) is 11.9 Å². The van der Waals surface area contributed by atoms with Crippen LogP contribution in [0.25, 0.3) is 0 Å². The summed E-state index contributed by atoms with van der Waals surface area (Å²) in [6.07, 6.45) is -0.528. The first-order chi connectivity index (χ1) is 14.4. The van der Waals surface area contributed by atoms with Gasteiger partial charge in [-0.1, -0.05) is 60.2 Å². The molecule has 0 N–H and O–H groups in total. The number of fused-ring (bicyclic) bond motifs is 1. The fraction of sp³-hybridized carbons (Fsp3) is 0.348. The zero-order valence-electron chi connectivity index (χ0n) is 17.8. The highest BCUT2D eigenvalue weighted by Gasteiger charge is 2.51. The maximum Gasteiger partial charge on any atom is 0.328 e. The molecule has 0 spiro atoms. The summed E-state index contributed by atoms with van der Waals surface area (Å²) >= 11 is 0. The van der Waals surface area contributed by atoms with Gasteiger partial charge in [-0.25, -0.2) is 9.79 Å². The fourth-order valence-electron chi connectivity index (χ4n) is 4.17. The number of aryl methyl sites for hydroxylation is 1. The van der Waals surface area contributed by atoms with E-state index >= 15 is 0 Å². The van der Waals surface area contributed by atoms with Crippen LogP contribution in [0.3, 0.4) is 0 Å². The van der Waals surface area contributed by atoms with E-state index in [2.05, 4.69) is 42.2 Å². The molecule has 0 bridgehead atoms. The normalized spacial score (nSPS) is 21.1. The molecule has 0 radical (unpaired) electrons. The molecule has 2 aromatic carbocycles. The molecular formula is C23H27N5O2. The van der Waals surface area contributed by atoms with E-state index in [4.69, 9.17) is 4.99 Å². The van der Waals surface area contributed by atoms with Gasteiger partial charge in [0, 0.05) is 34.2 Å². The highest BCUT2D eigenvalue weighted by Crippen LogP contribution is 2.30. The number of urea groups is 1. The van der Waals surface area contributed by atoms with Gasteiger partial charge >= 0.3 is 6.03 Å². The predicted molar refractivity (Wildman–Crippen MR) is 116 cm³/mol. The molecule has 3 amide bonds. The zero-order chi connectivity index (χ0) is 21.4. The van der Waals surface area contributed by atoms with Crippen molar-refractivity contribution in [2.75, 3.05) is 21.1 Å². The Labute approximate surface area is 177 Å². The Morgan fingerprint density at radius 2 is 1.70 bits per heavy atom. The summed E-state index contributed by atoms with van der Waals surface area (Å²) in [6.45, 7) is 3.26. The number of likely N-dealkylation sites (N-methyl/N-ethyl adjacent to an activating group) is 2. The van der Waals surface area contributed by atoms with Gasteiger partial charge < -0.3 is 14.7 Å². The van der Waals surface area contributed by atoms with Crippen molar-refractivity contribution in [3.05, 3.63) is 71.3 Å². The van der Waals surface area contributed by atoms with Gasteiger partial charge in [0.2, 0.25) is 0 Å². The van der Waals surface area contributed by atoms with Gasteiger partial charge in [-0.15, -0.1) is 0 Å². The van der Waals surface area contributed by atoms with Gasteiger partial charge in [0.05, 0.1) is 0 Å². The average Bonchev–Trinajstić information content (AvgIpc) is 3.11. The van der Waals surface area contributed by atoms with Gasteiger partial charge in [-0.05, 0) is 18.1 Å². The number of imide groups is 1. The van der Waals surface area contributed by atoms with Crippen molar-refractivity contribution < 1.29 is 9.59 Å². The number of nitrogens with zero attached hydrogens (tertiary/aromatic N) is 5. The van der Waals surface area contributed by atoms with Crippen LogP contribution in [0.1, 0.15) is 16.7 Å². The summed E-state index contributed by atoms with van der Waals surface area (Å²) in [5.74, 6) is 0.501. The highest BCUT2D eigenvalue weighted by molar-refractivity contribution is 6.03. The van der Waals surface area contributed by atoms with E-state index in [1.54, 1.807) is 11.9 Å². The standard InChI is InChI=1S/C23H27N5O2/c1-16-9-8-12-18(13-16)15-28-19-20(26(3)23(30)27(4)21(19)29)24-22(28)25(2)14-17-10-6-5-7-11-17/h5-13,19-20H,14-15H2,1-4H3. The second-order valence-corrected chi connectivity index (χ2v) is 8.04. The molecule has 2 heterocycles. The number of aliphatic imine (C=N–C) groups is 1. The van der Waals surface area contributed by atoms with Crippen molar-refractivity contribution in [1.82, 2.24) is 19.6 Å².